The van der Waals surface area contributed by atoms with Crippen molar-refractivity contribution < 1.29 is 4.79 Å². The number of benzene rings is 2. The Balaban J connectivity index is 1.84. The molecule has 1 amide bonds. The Hall–Kier alpha value is -2.14. The quantitative estimate of drug-likeness (QED) is 0.404. The fourth-order valence-corrected chi connectivity index (χ4v) is 4.77. The zero-order chi connectivity index (χ0) is 22.1. The van der Waals surface area contributed by atoms with Crippen molar-refractivity contribution in [3.05, 3.63) is 69.6 Å². The van der Waals surface area contributed by atoms with Gasteiger partial charge in [-0.1, -0.05) is 46.9 Å². The molecular formula is C24H22Cl3N3O. The zero-order valence-corrected chi connectivity index (χ0v) is 19.5. The Bertz CT molecular complexity index is 1110. The second-order valence-electron chi connectivity index (χ2n) is 7.93. The summed E-state index contributed by atoms with van der Waals surface area (Å²) in [6.07, 6.45) is 4.76. The average Bonchev–Trinajstić information content (AvgIpc) is 2.74. The van der Waals surface area contributed by atoms with E-state index in [9.17, 15) is 4.79 Å². The first-order chi connectivity index (χ1) is 14.8. The molecule has 2 heterocycles. The van der Waals surface area contributed by atoms with Crippen LogP contribution in [0.4, 0.5) is 0 Å². The molecule has 0 radical (unpaired) electrons. The summed E-state index contributed by atoms with van der Waals surface area (Å²) >= 11 is 18.7. The van der Waals surface area contributed by atoms with Crippen LogP contribution < -0.4 is 0 Å². The lowest BCUT2D eigenvalue weighted by atomic mass is 9.97. The summed E-state index contributed by atoms with van der Waals surface area (Å²) in [6, 6.07) is 12.9. The molecular weight excluding hydrogens is 453 g/mol. The minimum absolute atomic E-state index is 0.151. The summed E-state index contributed by atoms with van der Waals surface area (Å²) in [6.45, 7) is 4.15. The van der Waals surface area contributed by atoms with Crippen molar-refractivity contribution in [3.8, 4) is 22.4 Å². The number of nitrogens with zero attached hydrogens (tertiary/aromatic N) is 3. The van der Waals surface area contributed by atoms with E-state index >= 15 is 0 Å². The lowest BCUT2D eigenvalue weighted by molar-refractivity contribution is 0.0498. The Morgan fingerprint density at radius 3 is 2.23 bits per heavy atom. The molecule has 31 heavy (non-hydrogen) atoms. The largest absolute Gasteiger partial charge is 0.331 e. The lowest BCUT2D eigenvalue weighted by Gasteiger charge is -2.38. The van der Waals surface area contributed by atoms with Crippen molar-refractivity contribution in [2.75, 3.05) is 0 Å². The highest BCUT2D eigenvalue weighted by atomic mass is 35.5. The van der Waals surface area contributed by atoms with E-state index in [0.717, 1.165) is 30.4 Å². The van der Waals surface area contributed by atoms with Gasteiger partial charge in [-0.05, 0) is 69.0 Å². The number of halogens is 3. The van der Waals surface area contributed by atoms with Gasteiger partial charge in [0.25, 0.3) is 5.91 Å². The van der Waals surface area contributed by atoms with Crippen LogP contribution in [-0.4, -0.2) is 32.9 Å². The maximum absolute atomic E-state index is 13.4. The van der Waals surface area contributed by atoms with Gasteiger partial charge in [0.05, 0.1) is 10.7 Å². The maximum Gasteiger partial charge on any atom is 0.292 e. The van der Waals surface area contributed by atoms with Crippen molar-refractivity contribution in [1.29, 1.82) is 0 Å². The minimum Gasteiger partial charge on any atom is -0.331 e. The van der Waals surface area contributed by atoms with Crippen molar-refractivity contribution in [2.45, 2.75) is 45.2 Å². The first-order valence-electron chi connectivity index (χ1n) is 10.3. The smallest absolute Gasteiger partial charge is 0.292 e. The van der Waals surface area contributed by atoms with Crippen LogP contribution in [0.3, 0.4) is 0 Å². The summed E-state index contributed by atoms with van der Waals surface area (Å²) in [5, 5.41) is 1.62. The normalized spacial score (nSPS) is 18.8. The maximum atomic E-state index is 13.4. The Kier molecular flexibility index (Phi) is 6.52. The van der Waals surface area contributed by atoms with Crippen LogP contribution in [0, 0.1) is 0 Å². The number of piperidine rings is 1. The number of carbonyl (C=O) groups is 1. The third-order valence-corrected chi connectivity index (χ3v) is 6.55. The van der Waals surface area contributed by atoms with E-state index in [1.54, 1.807) is 30.5 Å². The summed E-state index contributed by atoms with van der Waals surface area (Å²) < 4.78 is 0. The van der Waals surface area contributed by atoms with Gasteiger partial charge in [-0.3, -0.25) is 4.79 Å². The molecule has 1 saturated heterocycles. The second-order valence-corrected chi connectivity index (χ2v) is 9.21. The van der Waals surface area contributed by atoms with E-state index in [1.807, 2.05) is 23.1 Å². The van der Waals surface area contributed by atoms with Gasteiger partial charge >= 0.3 is 0 Å². The van der Waals surface area contributed by atoms with Crippen LogP contribution >= 0.6 is 34.8 Å². The number of carbonyl (C=O) groups excluding carboxylic acids is 1. The molecule has 3 aromatic rings. The molecule has 0 aliphatic carbocycles. The molecule has 1 aromatic heterocycles. The van der Waals surface area contributed by atoms with Gasteiger partial charge in [0.15, 0.2) is 0 Å². The molecule has 1 fully saturated rings. The molecule has 4 nitrogen and oxygen atoms in total. The molecule has 0 bridgehead atoms. The third-order valence-electron chi connectivity index (χ3n) is 5.75. The number of hydrogen-bond acceptors (Lipinski definition) is 3. The average molecular weight is 475 g/mol. The fraction of sp³-hybridized carbons (Fsp3) is 0.292. The van der Waals surface area contributed by atoms with Crippen LogP contribution in [0.5, 0.6) is 0 Å². The Morgan fingerprint density at radius 1 is 0.935 bits per heavy atom. The molecule has 0 N–H and O–H groups in total. The topological polar surface area (TPSA) is 46.1 Å². The van der Waals surface area contributed by atoms with Gasteiger partial charge in [0, 0.05) is 39.5 Å². The molecule has 2 unspecified atom stereocenters. The predicted octanol–water partition coefficient (Wildman–Crippen LogP) is 7.17. The number of aromatic nitrogens is 2. The van der Waals surface area contributed by atoms with E-state index in [-0.39, 0.29) is 23.8 Å². The highest BCUT2D eigenvalue weighted by molar-refractivity contribution is 6.36. The van der Waals surface area contributed by atoms with E-state index < -0.39 is 0 Å². The van der Waals surface area contributed by atoms with E-state index in [4.69, 9.17) is 39.8 Å². The summed E-state index contributed by atoms with van der Waals surface area (Å²) in [4.78, 5) is 24.4. The Labute approximate surface area is 197 Å². The molecule has 4 rings (SSSR count). The van der Waals surface area contributed by atoms with Crippen LogP contribution in [0.15, 0.2) is 48.7 Å². The van der Waals surface area contributed by atoms with Gasteiger partial charge in [-0.25, -0.2) is 9.97 Å². The lowest BCUT2D eigenvalue weighted by Crippen LogP contribution is -2.48. The first-order valence-corrected chi connectivity index (χ1v) is 11.4. The van der Waals surface area contributed by atoms with Gasteiger partial charge in [-0.2, -0.15) is 0 Å². The molecule has 1 aliphatic rings. The van der Waals surface area contributed by atoms with Crippen LogP contribution in [0.1, 0.15) is 43.7 Å². The van der Waals surface area contributed by atoms with Crippen LogP contribution in [0.2, 0.25) is 15.1 Å². The standard InChI is InChI=1S/C24H22Cl3N3O/c1-14-4-3-5-15(2)30(14)24(31)23-28-13-20(16-6-8-17(25)9-7-16)22(29-23)19-11-10-18(26)12-21(19)27/h6-15H,3-5H2,1-2H3. The number of rotatable bonds is 3. The predicted molar refractivity (Wildman–Crippen MR) is 127 cm³/mol. The van der Waals surface area contributed by atoms with Gasteiger partial charge in [-0.15, -0.1) is 0 Å². The summed E-state index contributed by atoms with van der Waals surface area (Å²) in [5.74, 6) is 0.00743. The number of amides is 1. The SMILES string of the molecule is CC1CCCC(C)N1C(=O)c1ncc(-c2ccc(Cl)cc2)c(-c2ccc(Cl)cc2Cl)n1. The number of hydrogen-bond donors (Lipinski definition) is 0. The fourth-order valence-electron chi connectivity index (χ4n) is 4.15. The van der Waals surface area contributed by atoms with Crippen LogP contribution in [-0.2, 0) is 0 Å². The third kappa shape index (κ3) is 4.57. The monoisotopic (exact) mass is 473 g/mol. The van der Waals surface area contributed by atoms with E-state index in [0.29, 0.717) is 26.3 Å². The van der Waals surface area contributed by atoms with Gasteiger partial charge in [0.1, 0.15) is 0 Å². The molecule has 7 heteroatoms. The second kappa shape index (κ2) is 9.15. The summed E-state index contributed by atoms with van der Waals surface area (Å²) in [7, 11) is 0. The van der Waals surface area contributed by atoms with Crippen LogP contribution in [0.25, 0.3) is 22.4 Å². The number of likely N-dealkylation sites (tertiary alicyclic amines) is 1. The van der Waals surface area contributed by atoms with E-state index in [1.165, 1.54) is 0 Å². The van der Waals surface area contributed by atoms with Crippen molar-refractivity contribution in [3.63, 3.8) is 0 Å². The Morgan fingerprint density at radius 2 is 1.58 bits per heavy atom. The van der Waals surface area contributed by atoms with Gasteiger partial charge < -0.3 is 4.90 Å². The molecule has 0 saturated carbocycles. The summed E-state index contributed by atoms with van der Waals surface area (Å²) in [5.41, 5.74) is 2.91. The molecule has 0 spiro atoms. The molecule has 160 valence electrons. The highest BCUT2D eigenvalue weighted by Crippen LogP contribution is 2.36. The zero-order valence-electron chi connectivity index (χ0n) is 17.3. The highest BCUT2D eigenvalue weighted by Gasteiger charge is 2.31. The van der Waals surface area contributed by atoms with Crippen molar-refractivity contribution >= 4 is 40.7 Å². The molecule has 2 atom stereocenters. The van der Waals surface area contributed by atoms with E-state index in [2.05, 4.69) is 18.8 Å². The molecule has 1 aliphatic heterocycles. The van der Waals surface area contributed by atoms with Crippen molar-refractivity contribution in [1.82, 2.24) is 14.9 Å². The molecule has 2 aromatic carbocycles. The van der Waals surface area contributed by atoms with Gasteiger partial charge in [0.2, 0.25) is 5.82 Å². The van der Waals surface area contributed by atoms with Crippen molar-refractivity contribution in [2.24, 2.45) is 0 Å². The first kappa shape index (κ1) is 22.1. The minimum atomic E-state index is -0.159.